The lowest BCUT2D eigenvalue weighted by Gasteiger charge is -2.19. The van der Waals surface area contributed by atoms with E-state index in [1.54, 1.807) is 29.1 Å². The second-order valence-electron chi connectivity index (χ2n) is 7.22. The Hall–Kier alpha value is -3.22. The zero-order valence-electron chi connectivity index (χ0n) is 15.7. The molecule has 1 fully saturated rings. The number of fused-ring (bicyclic) bond motifs is 1. The molecule has 3 heterocycles. The van der Waals surface area contributed by atoms with Crippen molar-refractivity contribution in [1.29, 1.82) is 0 Å². The van der Waals surface area contributed by atoms with Gasteiger partial charge in [0.05, 0.1) is 5.92 Å². The number of carbonyl (C=O) groups excluding carboxylic acids is 3. The predicted molar refractivity (Wildman–Crippen MR) is 105 cm³/mol. The summed E-state index contributed by atoms with van der Waals surface area (Å²) >= 11 is 0. The number of amides is 3. The van der Waals surface area contributed by atoms with Crippen molar-refractivity contribution in [2.24, 2.45) is 5.92 Å². The Morgan fingerprint density at radius 1 is 1.29 bits per heavy atom. The van der Waals surface area contributed by atoms with Crippen LogP contribution in [0.3, 0.4) is 0 Å². The summed E-state index contributed by atoms with van der Waals surface area (Å²) in [6, 6.07) is 9.43. The average molecular weight is 378 g/mol. The maximum atomic E-state index is 12.5. The van der Waals surface area contributed by atoms with Crippen molar-refractivity contribution in [1.82, 2.24) is 10.3 Å². The van der Waals surface area contributed by atoms with E-state index in [9.17, 15) is 14.4 Å². The third-order valence-electron chi connectivity index (χ3n) is 5.34. The van der Waals surface area contributed by atoms with E-state index >= 15 is 0 Å². The summed E-state index contributed by atoms with van der Waals surface area (Å²) in [6.45, 7) is 2.99. The van der Waals surface area contributed by atoms with E-state index in [0.29, 0.717) is 19.6 Å². The summed E-state index contributed by atoms with van der Waals surface area (Å²) in [4.78, 5) is 44.1. The van der Waals surface area contributed by atoms with E-state index in [0.717, 1.165) is 28.9 Å². The number of pyridine rings is 1. The maximum Gasteiger partial charge on any atom is 0.227 e. The van der Waals surface area contributed by atoms with Crippen LogP contribution in [0.15, 0.2) is 42.7 Å². The zero-order chi connectivity index (χ0) is 19.7. The largest absolute Gasteiger partial charge is 0.352 e. The third-order valence-corrected chi connectivity index (χ3v) is 5.34. The fourth-order valence-electron chi connectivity index (χ4n) is 3.85. The van der Waals surface area contributed by atoms with E-state index in [-0.39, 0.29) is 30.1 Å². The lowest BCUT2D eigenvalue weighted by Crippen LogP contribution is -2.32. The number of anilines is 2. The standard InChI is InChI=1S/C21H22N4O3/c1-14(26)24-8-6-16-9-18(4-5-19(16)24)25-13-17(10-20(25)27)21(28)23-12-15-3-2-7-22-11-15/h2-5,7,9,11,17H,6,8,10,12-13H2,1H3,(H,23,28)/t17-/m0/s1. The van der Waals surface area contributed by atoms with Gasteiger partial charge < -0.3 is 15.1 Å². The highest BCUT2D eigenvalue weighted by Gasteiger charge is 2.35. The minimum Gasteiger partial charge on any atom is -0.352 e. The molecule has 2 aliphatic rings. The summed E-state index contributed by atoms with van der Waals surface area (Å²) in [5.41, 5.74) is 3.68. The number of hydrogen-bond acceptors (Lipinski definition) is 4. The second kappa shape index (κ2) is 7.42. The van der Waals surface area contributed by atoms with E-state index in [1.807, 2.05) is 30.3 Å². The van der Waals surface area contributed by atoms with Gasteiger partial charge in [0.1, 0.15) is 0 Å². The summed E-state index contributed by atoms with van der Waals surface area (Å²) < 4.78 is 0. The van der Waals surface area contributed by atoms with Gasteiger partial charge in [-0.3, -0.25) is 19.4 Å². The van der Waals surface area contributed by atoms with Gasteiger partial charge in [0.15, 0.2) is 0 Å². The van der Waals surface area contributed by atoms with Gasteiger partial charge in [-0.25, -0.2) is 0 Å². The van der Waals surface area contributed by atoms with Gasteiger partial charge in [0, 0.05) is 56.7 Å². The molecule has 0 spiro atoms. The summed E-state index contributed by atoms with van der Waals surface area (Å²) in [5, 5.41) is 2.89. The van der Waals surface area contributed by atoms with Crippen LogP contribution in [0.5, 0.6) is 0 Å². The molecule has 1 N–H and O–H groups in total. The van der Waals surface area contributed by atoms with Crippen LogP contribution in [0.2, 0.25) is 0 Å². The molecule has 4 rings (SSSR count). The number of nitrogens with one attached hydrogen (secondary N) is 1. The molecule has 1 aromatic carbocycles. The fourth-order valence-corrected chi connectivity index (χ4v) is 3.85. The second-order valence-corrected chi connectivity index (χ2v) is 7.22. The Balaban J connectivity index is 1.42. The molecule has 144 valence electrons. The van der Waals surface area contributed by atoms with Gasteiger partial charge in [-0.15, -0.1) is 0 Å². The quantitative estimate of drug-likeness (QED) is 0.877. The van der Waals surface area contributed by atoms with Crippen molar-refractivity contribution in [3.63, 3.8) is 0 Å². The summed E-state index contributed by atoms with van der Waals surface area (Å²) in [5.74, 6) is -0.522. The molecule has 0 radical (unpaired) electrons. The van der Waals surface area contributed by atoms with Crippen LogP contribution >= 0.6 is 0 Å². The topological polar surface area (TPSA) is 82.6 Å². The minimum atomic E-state index is -0.369. The molecule has 28 heavy (non-hydrogen) atoms. The fraction of sp³-hybridized carbons (Fsp3) is 0.333. The van der Waals surface area contributed by atoms with Crippen molar-refractivity contribution in [3.8, 4) is 0 Å². The highest BCUT2D eigenvalue weighted by Crippen LogP contribution is 2.34. The molecule has 1 aromatic heterocycles. The van der Waals surface area contributed by atoms with E-state index < -0.39 is 0 Å². The maximum absolute atomic E-state index is 12.5. The zero-order valence-corrected chi connectivity index (χ0v) is 15.7. The molecular weight excluding hydrogens is 356 g/mol. The highest BCUT2D eigenvalue weighted by molar-refractivity contribution is 6.01. The Morgan fingerprint density at radius 2 is 2.14 bits per heavy atom. The molecule has 2 aromatic rings. The van der Waals surface area contributed by atoms with Crippen LogP contribution in [0.4, 0.5) is 11.4 Å². The van der Waals surface area contributed by atoms with Crippen LogP contribution in [0.25, 0.3) is 0 Å². The normalized spacial score (nSPS) is 18.3. The number of aromatic nitrogens is 1. The van der Waals surface area contributed by atoms with Crippen LogP contribution in [-0.2, 0) is 27.3 Å². The Labute approximate surface area is 163 Å². The van der Waals surface area contributed by atoms with E-state index in [1.165, 1.54) is 0 Å². The van der Waals surface area contributed by atoms with Crippen molar-refractivity contribution in [3.05, 3.63) is 53.9 Å². The monoisotopic (exact) mass is 378 g/mol. The molecule has 0 unspecified atom stereocenters. The van der Waals surface area contributed by atoms with E-state index in [2.05, 4.69) is 10.3 Å². The SMILES string of the molecule is CC(=O)N1CCc2cc(N3C[C@@H](C(=O)NCc4cccnc4)CC3=O)ccc21. The first-order valence-corrected chi connectivity index (χ1v) is 9.41. The molecular formula is C21H22N4O3. The highest BCUT2D eigenvalue weighted by atomic mass is 16.2. The number of nitrogens with zero attached hydrogens (tertiary/aromatic N) is 3. The molecule has 7 nitrogen and oxygen atoms in total. The van der Waals surface area contributed by atoms with Crippen molar-refractivity contribution >= 4 is 29.1 Å². The average Bonchev–Trinajstić information content (AvgIpc) is 3.30. The number of carbonyl (C=O) groups is 3. The van der Waals surface area contributed by atoms with Crippen molar-refractivity contribution in [2.75, 3.05) is 22.9 Å². The van der Waals surface area contributed by atoms with Crippen LogP contribution in [0, 0.1) is 5.92 Å². The van der Waals surface area contributed by atoms with E-state index in [4.69, 9.17) is 0 Å². The first kappa shape index (κ1) is 18.2. The van der Waals surface area contributed by atoms with Crippen molar-refractivity contribution in [2.45, 2.75) is 26.3 Å². The third kappa shape index (κ3) is 3.47. The Kier molecular flexibility index (Phi) is 4.81. The van der Waals surface area contributed by atoms with Gasteiger partial charge in [-0.1, -0.05) is 6.07 Å². The molecule has 1 saturated heterocycles. The van der Waals surface area contributed by atoms with Gasteiger partial charge in [-0.2, -0.15) is 0 Å². The Bertz CT molecular complexity index is 929. The van der Waals surface area contributed by atoms with Gasteiger partial charge in [0.2, 0.25) is 17.7 Å². The van der Waals surface area contributed by atoms with Gasteiger partial charge >= 0.3 is 0 Å². The first-order valence-electron chi connectivity index (χ1n) is 9.41. The number of hydrogen-bond donors (Lipinski definition) is 1. The minimum absolute atomic E-state index is 0.0223. The van der Waals surface area contributed by atoms with Crippen LogP contribution < -0.4 is 15.1 Å². The summed E-state index contributed by atoms with van der Waals surface area (Å²) in [6.07, 6.45) is 4.38. The number of rotatable bonds is 4. The molecule has 2 aliphatic heterocycles. The van der Waals surface area contributed by atoms with Gasteiger partial charge in [-0.05, 0) is 41.8 Å². The Morgan fingerprint density at radius 3 is 2.89 bits per heavy atom. The summed E-state index contributed by atoms with van der Waals surface area (Å²) in [7, 11) is 0. The van der Waals surface area contributed by atoms with Gasteiger partial charge in [0.25, 0.3) is 0 Å². The molecule has 0 bridgehead atoms. The van der Waals surface area contributed by atoms with Crippen LogP contribution in [-0.4, -0.2) is 35.8 Å². The first-order chi connectivity index (χ1) is 13.5. The molecule has 3 amide bonds. The molecule has 0 aliphatic carbocycles. The molecule has 7 heteroatoms. The molecule has 0 saturated carbocycles. The smallest absolute Gasteiger partial charge is 0.227 e. The predicted octanol–water partition coefficient (Wildman–Crippen LogP) is 1.66. The van der Waals surface area contributed by atoms with Crippen molar-refractivity contribution < 1.29 is 14.4 Å². The number of benzene rings is 1. The lowest BCUT2D eigenvalue weighted by molar-refractivity contribution is -0.126. The van der Waals surface area contributed by atoms with Crippen LogP contribution in [0.1, 0.15) is 24.5 Å². The molecule has 1 atom stereocenters. The lowest BCUT2D eigenvalue weighted by atomic mass is 10.1.